The number of hydrogen-bond acceptors (Lipinski definition) is 10. The highest BCUT2D eigenvalue weighted by Crippen LogP contribution is 2.43. The molecular formula is C58H99O11P. The van der Waals surface area contributed by atoms with Gasteiger partial charge in [0.15, 0.2) is 6.10 Å². The highest BCUT2D eigenvalue weighted by molar-refractivity contribution is 7.47. The Morgan fingerprint density at radius 2 is 0.786 bits per heavy atom. The lowest BCUT2D eigenvalue weighted by atomic mass is 10.1. The number of phosphoric acid groups is 1. The SMILES string of the molecule is CC/C=C\C/C=C\C/C=C\C/C=C\C/C=C\CC(=O)OCC(COP(=O)(O)OCC(CO)OC(=O)CCCCCCCCCCCCC)OC(=O)CCCCCCCCC/C=C\C/C=C\CCCCC. The molecule has 0 saturated carbocycles. The molecule has 0 aliphatic carbocycles. The fourth-order valence-corrected chi connectivity index (χ4v) is 7.95. The van der Waals surface area contributed by atoms with Crippen LogP contribution in [0, 0.1) is 0 Å². The second-order valence-electron chi connectivity index (χ2n) is 18.0. The molecule has 0 aromatic rings. The number of unbranched alkanes of at least 4 members (excludes halogenated alkanes) is 20. The first kappa shape index (κ1) is 66.7. The highest BCUT2D eigenvalue weighted by atomic mass is 31.2. The molecule has 0 bridgehead atoms. The predicted molar refractivity (Wildman–Crippen MR) is 288 cm³/mol. The Hall–Kier alpha value is -3.34. The summed E-state index contributed by atoms with van der Waals surface area (Å²) in [5.74, 6) is -1.63. The van der Waals surface area contributed by atoms with Crippen LogP contribution in [-0.4, -0.2) is 66.5 Å². The van der Waals surface area contributed by atoms with Gasteiger partial charge < -0.3 is 24.2 Å². The van der Waals surface area contributed by atoms with E-state index >= 15 is 0 Å². The second kappa shape index (κ2) is 52.0. The van der Waals surface area contributed by atoms with Crippen LogP contribution >= 0.6 is 7.82 Å². The summed E-state index contributed by atoms with van der Waals surface area (Å²) < 4.78 is 39.3. The molecule has 0 rings (SSSR count). The van der Waals surface area contributed by atoms with Gasteiger partial charge >= 0.3 is 25.7 Å². The summed E-state index contributed by atoms with van der Waals surface area (Å²) in [6, 6.07) is 0. The standard InChI is InChI=1S/C58H99O11P/c1-4-7-10-13-16-19-22-24-26-27-29-31-34-37-40-43-46-49-58(62)69-55(51-65-56(60)47-44-41-38-35-33-30-28-25-23-20-17-14-11-8-5-2)53-67-70(63,64)66-52-54(50-59)68-57(61)48-45-42-39-36-32-21-18-15-12-9-6-3/h8,11,16-17,19-20,24-26,28,33,35,41,44,54-55,59H,4-7,9-10,12-15,18,21-23,27,29-32,34,36-40,42-43,45-53H2,1-3H3,(H,63,64)/b11-8-,19-16-,20-17-,26-24-,28-25-,35-33-,44-41-. The Balaban J connectivity index is 4.86. The summed E-state index contributed by atoms with van der Waals surface area (Å²) in [6.45, 7) is 4.37. The molecule has 0 spiro atoms. The van der Waals surface area contributed by atoms with Crippen molar-refractivity contribution in [3.63, 3.8) is 0 Å². The minimum absolute atomic E-state index is 0.00920. The van der Waals surface area contributed by atoms with Gasteiger partial charge in [0.1, 0.15) is 12.7 Å². The van der Waals surface area contributed by atoms with Crippen LogP contribution in [0.2, 0.25) is 0 Å². The number of rotatable bonds is 50. The van der Waals surface area contributed by atoms with Crippen LogP contribution in [0.4, 0.5) is 0 Å². The molecule has 3 unspecified atom stereocenters. The van der Waals surface area contributed by atoms with Crippen molar-refractivity contribution in [1.29, 1.82) is 0 Å². The zero-order valence-electron chi connectivity index (χ0n) is 44.2. The Morgan fingerprint density at radius 3 is 1.24 bits per heavy atom. The summed E-state index contributed by atoms with van der Waals surface area (Å²) in [5, 5.41) is 9.78. The van der Waals surface area contributed by atoms with Gasteiger partial charge in [-0.1, -0.05) is 215 Å². The molecule has 0 aromatic carbocycles. The number of aliphatic hydroxyl groups is 1. The van der Waals surface area contributed by atoms with E-state index in [1.807, 2.05) is 12.2 Å². The largest absolute Gasteiger partial charge is 0.472 e. The maximum absolute atomic E-state index is 12.9. The Labute approximate surface area is 426 Å². The summed E-state index contributed by atoms with van der Waals surface area (Å²) >= 11 is 0. The normalized spacial score (nSPS) is 14.1. The van der Waals surface area contributed by atoms with Crippen LogP contribution in [0.15, 0.2) is 85.1 Å². The number of aliphatic hydroxyl groups excluding tert-OH is 1. The minimum atomic E-state index is -4.77. The average Bonchev–Trinajstić information content (AvgIpc) is 3.35. The number of phosphoric ester groups is 1. The van der Waals surface area contributed by atoms with Crippen molar-refractivity contribution in [1.82, 2.24) is 0 Å². The smallest absolute Gasteiger partial charge is 0.461 e. The van der Waals surface area contributed by atoms with Gasteiger partial charge in [0, 0.05) is 12.8 Å². The van der Waals surface area contributed by atoms with Gasteiger partial charge in [0.25, 0.3) is 0 Å². The third-order valence-electron chi connectivity index (χ3n) is 11.3. The molecule has 12 heteroatoms. The van der Waals surface area contributed by atoms with E-state index in [-0.39, 0.29) is 19.3 Å². The van der Waals surface area contributed by atoms with Crippen molar-refractivity contribution >= 4 is 25.7 Å². The van der Waals surface area contributed by atoms with Gasteiger partial charge in [-0.3, -0.25) is 23.4 Å². The number of carbonyl (C=O) groups excluding carboxylic acids is 3. The van der Waals surface area contributed by atoms with Crippen LogP contribution in [0.3, 0.4) is 0 Å². The molecule has 0 saturated heterocycles. The maximum Gasteiger partial charge on any atom is 0.472 e. The molecule has 0 aliphatic heterocycles. The molecule has 0 amide bonds. The lowest BCUT2D eigenvalue weighted by molar-refractivity contribution is -0.161. The lowest BCUT2D eigenvalue weighted by Gasteiger charge is -2.21. The molecular weight excluding hydrogens is 904 g/mol. The van der Waals surface area contributed by atoms with Crippen LogP contribution in [0.1, 0.15) is 226 Å². The van der Waals surface area contributed by atoms with Crippen LogP contribution in [-0.2, 0) is 42.2 Å². The Kier molecular flexibility index (Phi) is 49.5. The first-order valence-electron chi connectivity index (χ1n) is 27.5. The van der Waals surface area contributed by atoms with Gasteiger partial charge in [-0.25, -0.2) is 4.57 Å². The summed E-state index contributed by atoms with van der Waals surface area (Å²) in [7, 11) is -4.77. The quantitative estimate of drug-likeness (QED) is 0.0197. The monoisotopic (exact) mass is 1000 g/mol. The number of hydrogen-bond donors (Lipinski definition) is 2. The average molecular weight is 1000 g/mol. The van der Waals surface area contributed by atoms with E-state index in [4.69, 9.17) is 23.3 Å². The molecule has 2 N–H and O–H groups in total. The van der Waals surface area contributed by atoms with Crippen LogP contribution in [0.25, 0.3) is 0 Å². The van der Waals surface area contributed by atoms with E-state index < -0.39 is 64.4 Å². The fourth-order valence-electron chi connectivity index (χ4n) is 7.16. The van der Waals surface area contributed by atoms with Gasteiger partial charge in [-0.15, -0.1) is 0 Å². The van der Waals surface area contributed by atoms with Crippen LogP contribution < -0.4 is 0 Å². The summed E-state index contributed by atoms with van der Waals surface area (Å²) in [5.41, 5.74) is 0. The second-order valence-corrected chi connectivity index (χ2v) is 19.5. The molecule has 0 aliphatic rings. The van der Waals surface area contributed by atoms with E-state index in [0.717, 1.165) is 83.5 Å². The minimum Gasteiger partial charge on any atom is -0.461 e. The molecule has 11 nitrogen and oxygen atoms in total. The van der Waals surface area contributed by atoms with E-state index in [2.05, 4.69) is 87.6 Å². The number of carbonyl (C=O) groups is 3. The third kappa shape index (κ3) is 49.6. The van der Waals surface area contributed by atoms with E-state index in [1.54, 1.807) is 6.08 Å². The molecule has 0 heterocycles. The zero-order chi connectivity index (χ0) is 51.3. The first-order valence-corrected chi connectivity index (χ1v) is 29.0. The van der Waals surface area contributed by atoms with E-state index in [0.29, 0.717) is 19.3 Å². The first-order chi connectivity index (χ1) is 34.2. The van der Waals surface area contributed by atoms with Gasteiger partial charge in [-0.05, 0) is 77.0 Å². The number of ether oxygens (including phenoxy) is 3. The van der Waals surface area contributed by atoms with Crippen molar-refractivity contribution in [2.75, 3.05) is 26.4 Å². The molecule has 402 valence electrons. The molecule has 70 heavy (non-hydrogen) atoms. The Morgan fingerprint density at radius 1 is 0.429 bits per heavy atom. The lowest BCUT2D eigenvalue weighted by Crippen LogP contribution is -2.30. The third-order valence-corrected chi connectivity index (χ3v) is 12.3. The van der Waals surface area contributed by atoms with Crippen molar-refractivity contribution in [2.24, 2.45) is 0 Å². The van der Waals surface area contributed by atoms with Gasteiger partial charge in [0.05, 0.1) is 26.2 Å². The summed E-state index contributed by atoms with van der Waals surface area (Å²) in [6.07, 6.45) is 58.6. The maximum atomic E-state index is 12.9. The zero-order valence-corrected chi connectivity index (χ0v) is 45.1. The number of allylic oxidation sites excluding steroid dienone is 13. The molecule has 0 radical (unpaired) electrons. The summed E-state index contributed by atoms with van der Waals surface area (Å²) in [4.78, 5) is 48.3. The predicted octanol–water partition coefficient (Wildman–Crippen LogP) is 15.9. The van der Waals surface area contributed by atoms with Gasteiger partial charge in [-0.2, -0.15) is 0 Å². The topological polar surface area (TPSA) is 155 Å². The Bertz CT molecular complexity index is 1500. The fraction of sp³-hybridized carbons (Fsp3) is 0.707. The van der Waals surface area contributed by atoms with Crippen molar-refractivity contribution < 1.29 is 52.2 Å². The van der Waals surface area contributed by atoms with Gasteiger partial charge in [0.2, 0.25) is 0 Å². The van der Waals surface area contributed by atoms with E-state index in [1.165, 1.54) is 83.5 Å². The molecule has 3 atom stereocenters. The van der Waals surface area contributed by atoms with Crippen molar-refractivity contribution in [3.8, 4) is 0 Å². The van der Waals surface area contributed by atoms with Crippen molar-refractivity contribution in [3.05, 3.63) is 85.1 Å². The van der Waals surface area contributed by atoms with Crippen LogP contribution in [0.5, 0.6) is 0 Å². The van der Waals surface area contributed by atoms with E-state index in [9.17, 15) is 28.9 Å². The van der Waals surface area contributed by atoms with Crippen molar-refractivity contribution in [2.45, 2.75) is 238 Å². The highest BCUT2D eigenvalue weighted by Gasteiger charge is 2.28. The molecule has 0 aromatic heterocycles. The number of esters is 3. The molecule has 0 fully saturated rings.